The topological polar surface area (TPSA) is 37.4 Å². The number of hydrogen-bond acceptors (Lipinski definition) is 3. The molecule has 0 bridgehead atoms. The van der Waals surface area contributed by atoms with Crippen molar-refractivity contribution in [3.05, 3.63) is 30.3 Å². The lowest BCUT2D eigenvalue weighted by atomic mass is 10.4. The van der Waals surface area contributed by atoms with Gasteiger partial charge in [-0.2, -0.15) is 0 Å². The van der Waals surface area contributed by atoms with Crippen LogP contribution in [0.4, 0.5) is 0 Å². The summed E-state index contributed by atoms with van der Waals surface area (Å²) in [6.07, 6.45) is 0. The summed E-state index contributed by atoms with van der Waals surface area (Å²) in [4.78, 5) is 2.28. The van der Waals surface area contributed by atoms with Gasteiger partial charge in [0.15, 0.2) is 9.84 Å². The second kappa shape index (κ2) is 4.77. The average Bonchev–Trinajstić information content (AvgIpc) is 2.18. The molecule has 0 fully saturated rings. The van der Waals surface area contributed by atoms with Gasteiger partial charge in [-0.25, -0.2) is 8.42 Å². The van der Waals surface area contributed by atoms with Crippen molar-refractivity contribution in [1.29, 1.82) is 0 Å². The van der Waals surface area contributed by atoms with E-state index < -0.39 is 9.84 Å². The molecule has 1 aromatic carbocycles. The quantitative estimate of drug-likeness (QED) is 0.780. The van der Waals surface area contributed by atoms with Gasteiger partial charge in [0.25, 0.3) is 0 Å². The van der Waals surface area contributed by atoms with E-state index >= 15 is 0 Å². The normalized spacial score (nSPS) is 14.1. The molecular weight excluding hydrogens is 210 g/mol. The Balaban J connectivity index is 2.94. The van der Waals surface area contributed by atoms with Gasteiger partial charge in [-0.3, -0.25) is 0 Å². The molecule has 0 spiro atoms. The fraction of sp³-hybridized carbons (Fsp3) is 0.455. The van der Waals surface area contributed by atoms with E-state index in [0.717, 1.165) is 0 Å². The highest BCUT2D eigenvalue weighted by molar-refractivity contribution is 7.92. The first-order chi connectivity index (χ1) is 6.94. The third-order valence-corrected chi connectivity index (χ3v) is 4.36. The summed E-state index contributed by atoms with van der Waals surface area (Å²) in [6, 6.07) is 8.59. The van der Waals surface area contributed by atoms with E-state index in [9.17, 15) is 8.42 Å². The first-order valence-corrected chi connectivity index (χ1v) is 6.43. The number of hydrogen-bond donors (Lipinski definition) is 0. The maximum Gasteiger partial charge on any atom is 0.182 e. The van der Waals surface area contributed by atoms with Crippen molar-refractivity contribution in [2.45, 2.75) is 17.1 Å². The van der Waals surface area contributed by atoms with E-state index in [1.54, 1.807) is 31.2 Å². The first-order valence-electron chi connectivity index (χ1n) is 4.88. The van der Waals surface area contributed by atoms with Crippen LogP contribution in [-0.4, -0.2) is 39.2 Å². The second-order valence-corrected chi connectivity index (χ2v) is 6.30. The third-order valence-electron chi connectivity index (χ3n) is 2.22. The van der Waals surface area contributed by atoms with Crippen LogP contribution in [0.25, 0.3) is 0 Å². The highest BCUT2D eigenvalue weighted by Crippen LogP contribution is 2.15. The summed E-state index contributed by atoms with van der Waals surface area (Å²) in [5.41, 5.74) is 0. The fourth-order valence-corrected chi connectivity index (χ4v) is 2.95. The molecule has 0 saturated carbocycles. The predicted molar refractivity (Wildman–Crippen MR) is 61.6 cm³/mol. The molecule has 1 atom stereocenters. The molecule has 1 aromatic rings. The smallest absolute Gasteiger partial charge is 0.182 e. The van der Waals surface area contributed by atoms with Gasteiger partial charge in [-0.1, -0.05) is 18.2 Å². The molecule has 0 aliphatic rings. The van der Waals surface area contributed by atoms with Gasteiger partial charge in [0, 0.05) is 6.54 Å². The molecule has 1 rings (SSSR count). The van der Waals surface area contributed by atoms with E-state index in [2.05, 4.69) is 0 Å². The van der Waals surface area contributed by atoms with Gasteiger partial charge in [-0.05, 0) is 33.2 Å². The zero-order valence-corrected chi connectivity index (χ0v) is 10.2. The predicted octanol–water partition coefficient (Wildman–Crippen LogP) is 1.41. The van der Waals surface area contributed by atoms with Gasteiger partial charge in [0.2, 0.25) is 0 Å². The summed E-state index contributed by atoms with van der Waals surface area (Å²) in [6.45, 7) is 2.28. The Morgan fingerprint density at radius 2 is 1.73 bits per heavy atom. The van der Waals surface area contributed by atoms with Crippen LogP contribution in [0, 0.1) is 0 Å². The zero-order chi connectivity index (χ0) is 11.5. The first kappa shape index (κ1) is 12.2. The summed E-state index contributed by atoms with van der Waals surface area (Å²) in [7, 11) is 0.568. The van der Waals surface area contributed by atoms with Crippen molar-refractivity contribution in [1.82, 2.24) is 4.90 Å². The standard InChI is InChI=1S/C11H17NO2S/c1-10(9-12(2)3)15(13,14)11-7-5-4-6-8-11/h4-8,10H,9H2,1-3H3. The van der Waals surface area contributed by atoms with Crippen LogP contribution in [0.3, 0.4) is 0 Å². The van der Waals surface area contributed by atoms with Crippen LogP contribution in [0.2, 0.25) is 0 Å². The highest BCUT2D eigenvalue weighted by Gasteiger charge is 2.23. The van der Waals surface area contributed by atoms with Crippen LogP contribution < -0.4 is 0 Å². The lowest BCUT2D eigenvalue weighted by molar-refractivity contribution is 0.405. The van der Waals surface area contributed by atoms with Crippen molar-refractivity contribution in [2.24, 2.45) is 0 Å². The zero-order valence-electron chi connectivity index (χ0n) is 9.34. The Kier molecular flexibility index (Phi) is 3.88. The van der Waals surface area contributed by atoms with E-state index in [-0.39, 0.29) is 5.25 Å². The molecule has 0 heterocycles. The molecular formula is C11H17NO2S. The fourth-order valence-electron chi connectivity index (χ4n) is 1.45. The summed E-state index contributed by atoms with van der Waals surface area (Å²) in [5, 5.41) is -0.380. The highest BCUT2D eigenvalue weighted by atomic mass is 32.2. The Morgan fingerprint density at radius 1 is 1.20 bits per heavy atom. The summed E-state index contributed by atoms with van der Waals surface area (Å²) < 4.78 is 24.1. The van der Waals surface area contributed by atoms with Gasteiger partial charge in [-0.15, -0.1) is 0 Å². The van der Waals surface area contributed by atoms with Gasteiger partial charge >= 0.3 is 0 Å². The van der Waals surface area contributed by atoms with Crippen LogP contribution in [0.1, 0.15) is 6.92 Å². The monoisotopic (exact) mass is 227 g/mol. The second-order valence-electron chi connectivity index (χ2n) is 3.93. The molecule has 0 saturated heterocycles. The number of sulfone groups is 1. The van der Waals surface area contributed by atoms with E-state index in [4.69, 9.17) is 0 Å². The molecule has 0 aromatic heterocycles. The van der Waals surface area contributed by atoms with E-state index in [1.807, 2.05) is 25.1 Å². The molecule has 0 radical (unpaired) electrons. The minimum absolute atomic E-state index is 0.380. The molecule has 15 heavy (non-hydrogen) atoms. The minimum Gasteiger partial charge on any atom is -0.308 e. The third kappa shape index (κ3) is 3.04. The van der Waals surface area contributed by atoms with Gasteiger partial charge < -0.3 is 4.90 Å². The molecule has 84 valence electrons. The lowest BCUT2D eigenvalue weighted by Crippen LogP contribution is -2.30. The van der Waals surface area contributed by atoms with Crippen molar-refractivity contribution in [3.63, 3.8) is 0 Å². The average molecular weight is 227 g/mol. The van der Waals surface area contributed by atoms with Crippen molar-refractivity contribution >= 4 is 9.84 Å². The molecule has 1 unspecified atom stereocenters. The Labute approximate surface area is 91.6 Å². The Bertz CT molecular complexity index is 398. The minimum atomic E-state index is -3.18. The molecule has 4 heteroatoms. The molecule has 0 amide bonds. The van der Waals surface area contributed by atoms with Crippen molar-refractivity contribution < 1.29 is 8.42 Å². The Hall–Kier alpha value is -0.870. The van der Waals surface area contributed by atoms with Crippen LogP contribution in [0.5, 0.6) is 0 Å². The Morgan fingerprint density at radius 3 is 2.20 bits per heavy atom. The number of nitrogens with zero attached hydrogens (tertiary/aromatic N) is 1. The van der Waals surface area contributed by atoms with Crippen LogP contribution >= 0.6 is 0 Å². The maximum atomic E-state index is 12.0. The maximum absolute atomic E-state index is 12.0. The van der Waals surface area contributed by atoms with E-state index in [1.165, 1.54) is 0 Å². The van der Waals surface area contributed by atoms with E-state index in [0.29, 0.717) is 11.4 Å². The van der Waals surface area contributed by atoms with Crippen LogP contribution in [0.15, 0.2) is 35.2 Å². The van der Waals surface area contributed by atoms with Gasteiger partial charge in [0.05, 0.1) is 10.1 Å². The summed E-state index contributed by atoms with van der Waals surface area (Å²) >= 11 is 0. The number of benzene rings is 1. The summed E-state index contributed by atoms with van der Waals surface area (Å²) in [5.74, 6) is 0. The van der Waals surface area contributed by atoms with Crippen molar-refractivity contribution in [2.75, 3.05) is 20.6 Å². The van der Waals surface area contributed by atoms with Gasteiger partial charge in [0.1, 0.15) is 0 Å². The molecule has 3 nitrogen and oxygen atoms in total. The lowest BCUT2D eigenvalue weighted by Gasteiger charge is -2.17. The molecule has 0 aliphatic heterocycles. The molecule has 0 aliphatic carbocycles. The SMILES string of the molecule is CC(CN(C)C)S(=O)(=O)c1ccccc1. The van der Waals surface area contributed by atoms with Crippen molar-refractivity contribution in [3.8, 4) is 0 Å². The van der Waals surface area contributed by atoms with Crippen LogP contribution in [-0.2, 0) is 9.84 Å². The molecule has 0 N–H and O–H groups in total. The number of rotatable bonds is 4. The largest absolute Gasteiger partial charge is 0.308 e.